The first-order valence-electron chi connectivity index (χ1n) is 4.30. The predicted octanol–water partition coefficient (Wildman–Crippen LogP) is 0.356. The third-order valence-electron chi connectivity index (χ3n) is 1.79. The number of rotatable bonds is 4. The Morgan fingerprint density at radius 2 is 2.12 bits per heavy atom. The first kappa shape index (κ1) is 12.8. The number of benzene rings is 1. The maximum atomic E-state index is 11.2. The molecule has 0 fully saturated rings. The quantitative estimate of drug-likeness (QED) is 0.667. The highest BCUT2D eigenvalue weighted by Gasteiger charge is 2.17. The summed E-state index contributed by atoms with van der Waals surface area (Å²) in [6, 6.07) is 5.02. The van der Waals surface area contributed by atoms with Crippen LogP contribution < -0.4 is 4.72 Å². The Kier molecular flexibility index (Phi) is 3.55. The Hall–Kier alpha value is -2.27. The number of aromatic hydroxyl groups is 1. The van der Waals surface area contributed by atoms with Gasteiger partial charge in [0.15, 0.2) is 11.5 Å². The molecular weight excluding hydrogens is 248 g/mol. The molecule has 0 aromatic heterocycles. The van der Waals surface area contributed by atoms with Crippen molar-refractivity contribution in [2.45, 2.75) is 0 Å². The molecule has 3 N–H and O–H groups in total. The highest BCUT2D eigenvalue weighted by atomic mass is 32.2. The Morgan fingerprint density at radius 1 is 1.47 bits per heavy atom. The lowest BCUT2D eigenvalue weighted by molar-refractivity contribution is 0.0694. The number of hydrogen-bond donors (Lipinski definition) is 3. The number of nitriles is 1. The van der Waals surface area contributed by atoms with Gasteiger partial charge in [0.1, 0.15) is 5.56 Å². The maximum Gasteiger partial charge on any atom is 0.339 e. The summed E-state index contributed by atoms with van der Waals surface area (Å²) < 4.78 is 24.4. The van der Waals surface area contributed by atoms with Crippen LogP contribution >= 0.6 is 0 Å². The van der Waals surface area contributed by atoms with E-state index >= 15 is 0 Å². The van der Waals surface area contributed by atoms with Crippen LogP contribution in [0.2, 0.25) is 0 Å². The molecule has 0 saturated heterocycles. The lowest BCUT2D eigenvalue weighted by Crippen LogP contribution is -2.16. The number of nitrogens with one attached hydrogen (secondary N) is 1. The molecule has 1 aromatic rings. The monoisotopic (exact) mass is 256 g/mol. The molecule has 8 heteroatoms. The van der Waals surface area contributed by atoms with E-state index < -0.39 is 33.1 Å². The molecule has 0 radical (unpaired) electrons. The van der Waals surface area contributed by atoms with Gasteiger partial charge in [-0.3, -0.25) is 4.72 Å². The maximum absolute atomic E-state index is 11.2. The zero-order valence-electron chi connectivity index (χ0n) is 8.41. The van der Waals surface area contributed by atoms with Gasteiger partial charge in [-0.15, -0.1) is 0 Å². The fourth-order valence-corrected chi connectivity index (χ4v) is 1.83. The van der Waals surface area contributed by atoms with Crippen LogP contribution in [0.25, 0.3) is 0 Å². The number of para-hydroxylation sites is 1. The predicted molar refractivity (Wildman–Crippen MR) is 58.1 cm³/mol. The van der Waals surface area contributed by atoms with Crippen molar-refractivity contribution in [1.29, 1.82) is 5.26 Å². The summed E-state index contributed by atoms with van der Waals surface area (Å²) in [6.07, 6.45) is 0. The number of aromatic carboxylic acids is 1. The van der Waals surface area contributed by atoms with Gasteiger partial charge in [-0.05, 0) is 12.1 Å². The molecular formula is C9H8N2O5S. The summed E-state index contributed by atoms with van der Waals surface area (Å²) in [4.78, 5) is 10.7. The van der Waals surface area contributed by atoms with Crippen LogP contribution in [-0.2, 0) is 10.0 Å². The van der Waals surface area contributed by atoms with Gasteiger partial charge >= 0.3 is 5.97 Å². The van der Waals surface area contributed by atoms with E-state index in [0.29, 0.717) is 0 Å². The molecule has 0 bridgehead atoms. The Balaban J connectivity index is 3.14. The van der Waals surface area contributed by atoms with Gasteiger partial charge < -0.3 is 10.2 Å². The van der Waals surface area contributed by atoms with Crippen molar-refractivity contribution in [3.63, 3.8) is 0 Å². The second-order valence-electron chi connectivity index (χ2n) is 3.03. The van der Waals surface area contributed by atoms with Crippen molar-refractivity contribution in [3.05, 3.63) is 23.8 Å². The first-order valence-corrected chi connectivity index (χ1v) is 5.95. The van der Waals surface area contributed by atoms with Crippen molar-refractivity contribution in [1.82, 2.24) is 0 Å². The number of sulfonamides is 1. The fourth-order valence-electron chi connectivity index (χ4n) is 1.09. The molecule has 1 rings (SSSR count). The molecule has 90 valence electrons. The van der Waals surface area contributed by atoms with Crippen LogP contribution in [0.4, 0.5) is 5.69 Å². The van der Waals surface area contributed by atoms with Gasteiger partial charge in [0.25, 0.3) is 0 Å². The van der Waals surface area contributed by atoms with Crippen LogP contribution in [0.5, 0.6) is 5.75 Å². The van der Waals surface area contributed by atoms with E-state index in [0.717, 1.165) is 6.07 Å². The summed E-state index contributed by atoms with van der Waals surface area (Å²) in [5, 5.41) is 26.5. The number of anilines is 1. The third kappa shape index (κ3) is 3.09. The normalized spacial score (nSPS) is 10.5. The highest BCUT2D eigenvalue weighted by Crippen LogP contribution is 2.28. The van der Waals surface area contributed by atoms with Crippen LogP contribution in [0.1, 0.15) is 10.4 Å². The van der Waals surface area contributed by atoms with Crippen molar-refractivity contribution < 1.29 is 23.4 Å². The zero-order valence-corrected chi connectivity index (χ0v) is 9.23. The molecule has 7 nitrogen and oxygen atoms in total. The van der Waals surface area contributed by atoms with E-state index in [4.69, 9.17) is 10.4 Å². The lowest BCUT2D eigenvalue weighted by Gasteiger charge is -2.08. The van der Waals surface area contributed by atoms with E-state index in [1.165, 1.54) is 18.2 Å². The summed E-state index contributed by atoms with van der Waals surface area (Å²) in [7, 11) is -3.91. The number of nitrogens with zero attached hydrogens (tertiary/aromatic N) is 1. The highest BCUT2D eigenvalue weighted by molar-refractivity contribution is 7.92. The number of carbonyl (C=O) groups is 1. The molecule has 0 aliphatic rings. The average Bonchev–Trinajstić information content (AvgIpc) is 2.20. The van der Waals surface area contributed by atoms with Gasteiger partial charge in [-0.1, -0.05) is 6.07 Å². The van der Waals surface area contributed by atoms with Crippen LogP contribution in [0.15, 0.2) is 18.2 Å². The van der Waals surface area contributed by atoms with Gasteiger partial charge in [0, 0.05) is 0 Å². The molecule has 0 aliphatic heterocycles. The number of phenols is 1. The van der Waals surface area contributed by atoms with Crippen molar-refractivity contribution in [2.75, 3.05) is 10.5 Å². The minimum absolute atomic E-state index is 0.278. The molecule has 1 aromatic carbocycles. The SMILES string of the molecule is N#CCS(=O)(=O)Nc1cccc(C(=O)O)c1O. The van der Waals surface area contributed by atoms with Gasteiger partial charge in [-0.25, -0.2) is 13.2 Å². The van der Waals surface area contributed by atoms with Gasteiger partial charge in [0.2, 0.25) is 10.0 Å². The van der Waals surface area contributed by atoms with E-state index in [-0.39, 0.29) is 5.69 Å². The van der Waals surface area contributed by atoms with Crippen LogP contribution in [0, 0.1) is 11.3 Å². The average molecular weight is 256 g/mol. The number of carboxylic acids is 1. The molecule has 0 atom stereocenters. The molecule has 0 spiro atoms. The second kappa shape index (κ2) is 4.71. The Labute approximate surface area is 97.0 Å². The van der Waals surface area contributed by atoms with E-state index in [9.17, 15) is 18.3 Å². The smallest absolute Gasteiger partial charge is 0.339 e. The van der Waals surface area contributed by atoms with E-state index in [1.54, 1.807) is 0 Å². The molecule has 0 heterocycles. The summed E-state index contributed by atoms with van der Waals surface area (Å²) >= 11 is 0. The first-order chi connectivity index (χ1) is 7.87. The lowest BCUT2D eigenvalue weighted by atomic mass is 10.2. The summed E-state index contributed by atoms with van der Waals surface area (Å²) in [5.41, 5.74) is -0.706. The standard InChI is InChI=1S/C9H8N2O5S/c10-4-5-17(15,16)11-7-3-1-2-6(8(7)12)9(13)14/h1-3,11-12H,5H2,(H,13,14). The van der Waals surface area contributed by atoms with Crippen molar-refractivity contribution >= 4 is 21.7 Å². The largest absolute Gasteiger partial charge is 0.505 e. The molecule has 0 aliphatic carbocycles. The van der Waals surface area contributed by atoms with Crippen LogP contribution in [-0.4, -0.2) is 30.4 Å². The number of hydrogen-bond acceptors (Lipinski definition) is 5. The van der Waals surface area contributed by atoms with Gasteiger partial charge in [0.05, 0.1) is 11.8 Å². The minimum atomic E-state index is -3.91. The summed E-state index contributed by atoms with van der Waals surface area (Å²) in [5.74, 6) is -2.87. The fraction of sp³-hybridized carbons (Fsp3) is 0.111. The third-order valence-corrected chi connectivity index (χ3v) is 2.83. The minimum Gasteiger partial charge on any atom is -0.505 e. The van der Waals surface area contributed by atoms with Crippen molar-refractivity contribution in [3.8, 4) is 11.8 Å². The Morgan fingerprint density at radius 3 is 2.65 bits per heavy atom. The Bertz CT molecular complexity index is 588. The van der Waals surface area contributed by atoms with Gasteiger partial charge in [-0.2, -0.15) is 5.26 Å². The number of carboxylic acid groups (broad SMARTS) is 1. The molecule has 0 unspecified atom stereocenters. The van der Waals surface area contributed by atoms with Crippen LogP contribution in [0.3, 0.4) is 0 Å². The topological polar surface area (TPSA) is 127 Å². The molecule has 0 amide bonds. The second-order valence-corrected chi connectivity index (χ2v) is 4.75. The molecule has 0 saturated carbocycles. The van der Waals surface area contributed by atoms with E-state index in [2.05, 4.69) is 0 Å². The van der Waals surface area contributed by atoms with E-state index in [1.807, 2.05) is 4.72 Å². The van der Waals surface area contributed by atoms with Crippen molar-refractivity contribution in [2.24, 2.45) is 0 Å². The zero-order chi connectivity index (χ0) is 13.1. The molecule has 17 heavy (non-hydrogen) atoms. The summed E-state index contributed by atoms with van der Waals surface area (Å²) in [6.45, 7) is 0.